The van der Waals surface area contributed by atoms with E-state index in [4.69, 9.17) is 10.8 Å². The molecule has 8 heteroatoms. The fourth-order valence-electron chi connectivity index (χ4n) is 1.66. The molecule has 1 aliphatic carbocycles. The van der Waals surface area contributed by atoms with Crippen LogP contribution in [0.4, 0.5) is 5.69 Å². The van der Waals surface area contributed by atoms with Gasteiger partial charge < -0.3 is 10.8 Å². The lowest BCUT2D eigenvalue weighted by Gasteiger charge is -2.06. The number of anilines is 1. The molecule has 0 bridgehead atoms. The number of nitrogen functional groups attached to an aromatic ring is 1. The fraction of sp³-hybridized carbons (Fsp3) is 0.273. The Morgan fingerprint density at radius 3 is 2.95 bits per heavy atom. The van der Waals surface area contributed by atoms with Gasteiger partial charge in [0.2, 0.25) is 5.16 Å². The Kier molecular flexibility index (Phi) is 2.86. The summed E-state index contributed by atoms with van der Waals surface area (Å²) in [5.41, 5.74) is 6.57. The lowest BCUT2D eigenvalue weighted by Crippen LogP contribution is -2.01. The van der Waals surface area contributed by atoms with Crippen LogP contribution in [0.25, 0.3) is 0 Å². The Labute approximate surface area is 112 Å². The molecule has 0 unspecified atom stereocenters. The molecule has 1 aromatic carbocycles. The molecule has 98 valence electrons. The lowest BCUT2D eigenvalue weighted by molar-refractivity contribution is 0.0696. The molecular weight excluding hydrogens is 266 g/mol. The van der Waals surface area contributed by atoms with E-state index < -0.39 is 5.97 Å². The quantitative estimate of drug-likeness (QED) is 0.814. The number of benzene rings is 1. The van der Waals surface area contributed by atoms with Crippen LogP contribution in [0.3, 0.4) is 0 Å². The van der Waals surface area contributed by atoms with Gasteiger partial charge in [-0.2, -0.15) is 0 Å². The highest BCUT2D eigenvalue weighted by Crippen LogP contribution is 2.39. The maximum atomic E-state index is 11.0. The SMILES string of the molecule is Nc1ccc(C(=O)O)cc1Sc1nnnn1C1CC1. The minimum Gasteiger partial charge on any atom is -0.478 e. The van der Waals surface area contributed by atoms with Crippen molar-refractivity contribution in [3.8, 4) is 0 Å². The zero-order valence-electron chi connectivity index (χ0n) is 9.85. The van der Waals surface area contributed by atoms with Crippen LogP contribution in [0.15, 0.2) is 28.3 Å². The molecule has 3 N–H and O–H groups in total. The molecule has 19 heavy (non-hydrogen) atoms. The first-order valence-corrected chi connectivity index (χ1v) is 6.55. The van der Waals surface area contributed by atoms with Gasteiger partial charge in [0.15, 0.2) is 0 Å². The Hall–Kier alpha value is -2.09. The number of nitrogens with zero attached hydrogens (tertiary/aromatic N) is 4. The first-order chi connectivity index (χ1) is 9.15. The van der Waals surface area contributed by atoms with Crippen molar-refractivity contribution >= 4 is 23.4 Å². The molecule has 0 saturated heterocycles. The third-order valence-corrected chi connectivity index (χ3v) is 3.84. The van der Waals surface area contributed by atoms with Gasteiger partial charge in [-0.25, -0.2) is 9.48 Å². The second-order valence-electron chi connectivity index (χ2n) is 4.30. The molecular formula is C11H11N5O2S. The van der Waals surface area contributed by atoms with Crippen molar-refractivity contribution in [3.63, 3.8) is 0 Å². The van der Waals surface area contributed by atoms with Gasteiger partial charge >= 0.3 is 5.97 Å². The smallest absolute Gasteiger partial charge is 0.335 e. The van der Waals surface area contributed by atoms with Crippen LogP contribution >= 0.6 is 11.8 Å². The summed E-state index contributed by atoms with van der Waals surface area (Å²) < 4.78 is 1.76. The molecule has 1 aliphatic rings. The number of carboxylic acids is 1. The summed E-state index contributed by atoms with van der Waals surface area (Å²) in [6.45, 7) is 0. The van der Waals surface area contributed by atoms with Crippen molar-refractivity contribution in [2.24, 2.45) is 0 Å². The van der Waals surface area contributed by atoms with Crippen LogP contribution in [0.1, 0.15) is 29.2 Å². The molecule has 2 aromatic rings. The highest BCUT2D eigenvalue weighted by molar-refractivity contribution is 7.99. The summed E-state index contributed by atoms with van der Waals surface area (Å²) in [5, 5.41) is 21.2. The van der Waals surface area contributed by atoms with E-state index >= 15 is 0 Å². The van der Waals surface area contributed by atoms with Crippen LogP contribution in [0.5, 0.6) is 0 Å². The van der Waals surface area contributed by atoms with Gasteiger partial charge in [0.1, 0.15) is 0 Å². The maximum Gasteiger partial charge on any atom is 0.335 e. The van der Waals surface area contributed by atoms with Crippen molar-refractivity contribution in [3.05, 3.63) is 23.8 Å². The van der Waals surface area contributed by atoms with Gasteiger partial charge in [-0.05, 0) is 53.2 Å². The number of tetrazole rings is 1. The average Bonchev–Trinajstić information content (AvgIpc) is 3.12. The van der Waals surface area contributed by atoms with E-state index in [9.17, 15) is 4.79 Å². The zero-order chi connectivity index (χ0) is 13.4. The van der Waals surface area contributed by atoms with Crippen molar-refractivity contribution < 1.29 is 9.90 Å². The minimum atomic E-state index is -0.983. The first kappa shape index (κ1) is 12.0. The summed E-state index contributed by atoms with van der Waals surface area (Å²) in [5.74, 6) is -0.983. The molecule has 0 amide bonds. The normalized spacial score (nSPS) is 14.5. The van der Waals surface area contributed by atoms with E-state index in [-0.39, 0.29) is 5.56 Å². The summed E-state index contributed by atoms with van der Waals surface area (Å²) in [6, 6.07) is 4.96. The summed E-state index contributed by atoms with van der Waals surface area (Å²) in [7, 11) is 0. The number of carbonyl (C=O) groups is 1. The van der Waals surface area contributed by atoms with Gasteiger partial charge in [0.05, 0.1) is 11.6 Å². The van der Waals surface area contributed by atoms with Gasteiger partial charge in [0.25, 0.3) is 0 Å². The van der Waals surface area contributed by atoms with E-state index in [2.05, 4.69) is 15.5 Å². The predicted octanol–water partition coefficient (Wildman–Crippen LogP) is 1.44. The van der Waals surface area contributed by atoms with E-state index in [0.717, 1.165) is 12.8 Å². The molecule has 0 aliphatic heterocycles. The monoisotopic (exact) mass is 277 g/mol. The van der Waals surface area contributed by atoms with E-state index in [1.807, 2.05) is 0 Å². The van der Waals surface area contributed by atoms with Crippen LogP contribution < -0.4 is 5.73 Å². The summed E-state index contributed by atoms with van der Waals surface area (Å²) in [4.78, 5) is 11.6. The predicted molar refractivity (Wildman–Crippen MR) is 68.0 cm³/mol. The number of carboxylic acid groups (broad SMARTS) is 1. The van der Waals surface area contributed by atoms with Crippen molar-refractivity contribution in [2.75, 3.05) is 5.73 Å². The van der Waals surface area contributed by atoms with Crippen molar-refractivity contribution in [1.82, 2.24) is 20.2 Å². The Morgan fingerprint density at radius 1 is 1.47 bits per heavy atom. The Bertz CT molecular complexity index is 638. The number of hydrogen-bond donors (Lipinski definition) is 2. The number of hydrogen-bond acceptors (Lipinski definition) is 6. The third kappa shape index (κ3) is 2.39. The number of aromatic carboxylic acids is 1. The van der Waals surface area contributed by atoms with E-state index in [0.29, 0.717) is 21.8 Å². The highest BCUT2D eigenvalue weighted by atomic mass is 32.2. The van der Waals surface area contributed by atoms with E-state index in [1.54, 1.807) is 10.7 Å². The molecule has 1 saturated carbocycles. The van der Waals surface area contributed by atoms with Gasteiger partial charge in [0, 0.05) is 10.6 Å². The van der Waals surface area contributed by atoms with Crippen molar-refractivity contribution in [2.45, 2.75) is 28.9 Å². The summed E-state index contributed by atoms with van der Waals surface area (Å²) >= 11 is 1.29. The number of rotatable bonds is 4. The second kappa shape index (κ2) is 4.54. The first-order valence-electron chi connectivity index (χ1n) is 5.73. The fourth-order valence-corrected chi connectivity index (χ4v) is 2.58. The van der Waals surface area contributed by atoms with Crippen LogP contribution in [0, 0.1) is 0 Å². The van der Waals surface area contributed by atoms with Crippen LogP contribution in [-0.4, -0.2) is 31.3 Å². The van der Waals surface area contributed by atoms with Crippen LogP contribution in [0.2, 0.25) is 0 Å². The Balaban J connectivity index is 1.91. The molecule has 0 radical (unpaired) electrons. The Morgan fingerprint density at radius 2 is 2.26 bits per heavy atom. The van der Waals surface area contributed by atoms with Crippen molar-refractivity contribution in [1.29, 1.82) is 0 Å². The number of nitrogens with two attached hydrogens (primary N) is 1. The highest BCUT2D eigenvalue weighted by Gasteiger charge is 2.28. The molecule has 1 fully saturated rings. The largest absolute Gasteiger partial charge is 0.478 e. The van der Waals surface area contributed by atoms with Gasteiger partial charge in [-0.1, -0.05) is 0 Å². The summed E-state index contributed by atoms with van der Waals surface area (Å²) in [6.07, 6.45) is 2.15. The third-order valence-electron chi connectivity index (χ3n) is 2.82. The molecule has 1 heterocycles. The standard InChI is InChI=1S/C11H11N5O2S/c12-8-4-1-6(10(17)18)5-9(8)19-11-13-14-15-16(11)7-2-3-7/h1,4-5,7H,2-3,12H2,(H,17,18). The second-order valence-corrected chi connectivity index (χ2v) is 5.31. The van der Waals surface area contributed by atoms with E-state index in [1.165, 1.54) is 23.9 Å². The van der Waals surface area contributed by atoms with Gasteiger partial charge in [-0.3, -0.25) is 0 Å². The molecule has 7 nitrogen and oxygen atoms in total. The number of aromatic nitrogens is 4. The molecule has 0 spiro atoms. The zero-order valence-corrected chi connectivity index (χ0v) is 10.7. The molecule has 0 atom stereocenters. The topological polar surface area (TPSA) is 107 Å². The van der Waals surface area contributed by atoms with Gasteiger partial charge in [-0.15, -0.1) is 5.10 Å². The maximum absolute atomic E-state index is 11.0. The molecule has 3 rings (SSSR count). The average molecular weight is 277 g/mol. The minimum absolute atomic E-state index is 0.196. The molecule has 1 aromatic heterocycles. The lowest BCUT2D eigenvalue weighted by atomic mass is 10.2. The van der Waals surface area contributed by atoms with Crippen LogP contribution in [-0.2, 0) is 0 Å².